The highest BCUT2D eigenvalue weighted by molar-refractivity contribution is 5.86. The minimum Gasteiger partial charge on any atom is -0.394 e. The molecule has 82 valence electrons. The van der Waals surface area contributed by atoms with Crippen LogP contribution in [0.3, 0.4) is 0 Å². The molecule has 0 radical (unpaired) electrons. The molecule has 0 fully saturated rings. The SMILES string of the molecule is OC[C@H](N=C(CF)CF)c1ccccc1. The monoisotopic (exact) mass is 213 g/mol. The molecule has 0 saturated carbocycles. The van der Waals surface area contributed by atoms with Gasteiger partial charge in [0.05, 0.1) is 18.4 Å². The second-order valence-electron chi connectivity index (χ2n) is 3.07. The van der Waals surface area contributed by atoms with E-state index < -0.39 is 19.4 Å². The van der Waals surface area contributed by atoms with Crippen LogP contribution >= 0.6 is 0 Å². The first-order chi connectivity index (χ1) is 7.31. The van der Waals surface area contributed by atoms with Crippen molar-refractivity contribution in [2.45, 2.75) is 6.04 Å². The van der Waals surface area contributed by atoms with Gasteiger partial charge in [0.15, 0.2) is 0 Å². The second kappa shape index (κ2) is 6.24. The molecule has 1 rings (SSSR count). The highest BCUT2D eigenvalue weighted by Gasteiger charge is 2.09. The van der Waals surface area contributed by atoms with Gasteiger partial charge in [-0.25, -0.2) is 8.78 Å². The third-order valence-corrected chi connectivity index (χ3v) is 2.00. The van der Waals surface area contributed by atoms with Crippen molar-refractivity contribution in [1.29, 1.82) is 0 Å². The summed E-state index contributed by atoms with van der Waals surface area (Å²) in [6, 6.07) is 8.35. The summed E-state index contributed by atoms with van der Waals surface area (Å²) in [6.45, 7) is -2.09. The molecular weight excluding hydrogens is 200 g/mol. The maximum atomic E-state index is 12.2. The maximum absolute atomic E-state index is 12.2. The number of hydrogen-bond acceptors (Lipinski definition) is 2. The number of aliphatic imine (C=N–C) groups is 1. The van der Waals surface area contributed by atoms with Gasteiger partial charge in [-0.15, -0.1) is 0 Å². The molecular formula is C11H13F2NO. The number of aliphatic hydroxyl groups is 1. The van der Waals surface area contributed by atoms with Gasteiger partial charge in [-0.05, 0) is 5.56 Å². The topological polar surface area (TPSA) is 32.6 Å². The molecule has 4 heteroatoms. The van der Waals surface area contributed by atoms with Crippen molar-refractivity contribution in [2.24, 2.45) is 4.99 Å². The van der Waals surface area contributed by atoms with Crippen molar-refractivity contribution in [3.05, 3.63) is 35.9 Å². The maximum Gasteiger partial charge on any atom is 0.130 e. The summed E-state index contributed by atoms with van der Waals surface area (Å²) in [5.41, 5.74) is 0.581. The van der Waals surface area contributed by atoms with Crippen molar-refractivity contribution < 1.29 is 13.9 Å². The lowest BCUT2D eigenvalue weighted by Gasteiger charge is -2.10. The summed E-state index contributed by atoms with van der Waals surface area (Å²) >= 11 is 0. The lowest BCUT2D eigenvalue weighted by Crippen LogP contribution is -2.09. The average Bonchev–Trinajstić information content (AvgIpc) is 2.32. The van der Waals surface area contributed by atoms with Crippen LogP contribution in [0.15, 0.2) is 35.3 Å². The van der Waals surface area contributed by atoms with Gasteiger partial charge in [-0.3, -0.25) is 4.99 Å². The Morgan fingerprint density at radius 1 is 1.20 bits per heavy atom. The van der Waals surface area contributed by atoms with Gasteiger partial charge in [0.1, 0.15) is 13.3 Å². The number of benzene rings is 1. The summed E-state index contributed by atoms with van der Waals surface area (Å²) in [6.07, 6.45) is 0. The fourth-order valence-electron chi connectivity index (χ4n) is 1.22. The molecule has 0 spiro atoms. The van der Waals surface area contributed by atoms with Gasteiger partial charge in [-0.1, -0.05) is 30.3 Å². The van der Waals surface area contributed by atoms with Crippen LogP contribution in [-0.2, 0) is 0 Å². The second-order valence-corrected chi connectivity index (χ2v) is 3.07. The van der Waals surface area contributed by atoms with E-state index in [0.29, 0.717) is 0 Å². The quantitative estimate of drug-likeness (QED) is 0.746. The zero-order chi connectivity index (χ0) is 11.1. The van der Waals surface area contributed by atoms with Crippen LogP contribution in [0.25, 0.3) is 0 Å². The standard InChI is InChI=1S/C11H13F2NO/c12-6-10(7-13)14-11(8-15)9-4-2-1-3-5-9/h1-5,11,15H,6-8H2/t11-/m0/s1. The molecule has 1 N–H and O–H groups in total. The van der Waals surface area contributed by atoms with Crippen molar-refractivity contribution in [1.82, 2.24) is 0 Å². The van der Waals surface area contributed by atoms with Crippen LogP contribution in [0.1, 0.15) is 11.6 Å². The third kappa shape index (κ3) is 3.40. The zero-order valence-electron chi connectivity index (χ0n) is 8.24. The van der Waals surface area contributed by atoms with E-state index >= 15 is 0 Å². The molecule has 0 aromatic heterocycles. The first-order valence-corrected chi connectivity index (χ1v) is 4.65. The van der Waals surface area contributed by atoms with E-state index in [2.05, 4.69) is 4.99 Å². The predicted octanol–water partition coefficient (Wildman–Crippen LogP) is 2.10. The van der Waals surface area contributed by atoms with E-state index in [1.54, 1.807) is 24.3 Å². The molecule has 15 heavy (non-hydrogen) atoms. The van der Waals surface area contributed by atoms with Crippen molar-refractivity contribution in [2.75, 3.05) is 20.0 Å². The van der Waals surface area contributed by atoms with E-state index in [9.17, 15) is 8.78 Å². The molecule has 0 saturated heterocycles. The molecule has 0 unspecified atom stereocenters. The van der Waals surface area contributed by atoms with Gasteiger partial charge >= 0.3 is 0 Å². The van der Waals surface area contributed by atoms with Gasteiger partial charge in [0.2, 0.25) is 0 Å². The first-order valence-electron chi connectivity index (χ1n) is 4.65. The van der Waals surface area contributed by atoms with E-state index in [4.69, 9.17) is 5.11 Å². The normalized spacial score (nSPS) is 12.2. The Balaban J connectivity index is 2.85. The lowest BCUT2D eigenvalue weighted by molar-refractivity contribution is 0.268. The molecule has 0 aliphatic heterocycles. The summed E-state index contributed by atoms with van der Waals surface area (Å²) < 4.78 is 24.4. The molecule has 0 aliphatic carbocycles. The van der Waals surface area contributed by atoms with E-state index in [-0.39, 0.29) is 12.3 Å². The highest BCUT2D eigenvalue weighted by atomic mass is 19.1. The molecule has 0 aliphatic rings. The molecule has 1 atom stereocenters. The Kier molecular flexibility index (Phi) is 4.90. The highest BCUT2D eigenvalue weighted by Crippen LogP contribution is 2.16. The number of aliphatic hydroxyl groups excluding tert-OH is 1. The fraction of sp³-hybridized carbons (Fsp3) is 0.364. The Labute approximate surface area is 87.3 Å². The fourth-order valence-corrected chi connectivity index (χ4v) is 1.22. The van der Waals surface area contributed by atoms with Crippen molar-refractivity contribution >= 4 is 5.71 Å². The minimum atomic E-state index is -0.917. The van der Waals surface area contributed by atoms with Crippen LogP contribution in [0.5, 0.6) is 0 Å². The Bertz CT molecular complexity index is 308. The number of rotatable bonds is 5. The van der Waals surface area contributed by atoms with Crippen LogP contribution in [0, 0.1) is 0 Å². The van der Waals surface area contributed by atoms with Crippen LogP contribution < -0.4 is 0 Å². The average molecular weight is 213 g/mol. The summed E-state index contributed by atoms with van der Waals surface area (Å²) in [5.74, 6) is 0. The van der Waals surface area contributed by atoms with Gasteiger partial charge < -0.3 is 5.11 Å². The lowest BCUT2D eigenvalue weighted by atomic mass is 10.1. The van der Waals surface area contributed by atoms with Crippen molar-refractivity contribution in [3.63, 3.8) is 0 Å². The predicted molar refractivity (Wildman–Crippen MR) is 55.7 cm³/mol. The van der Waals surface area contributed by atoms with E-state index in [0.717, 1.165) is 5.56 Å². The van der Waals surface area contributed by atoms with E-state index in [1.807, 2.05) is 6.07 Å². The molecule has 1 aromatic carbocycles. The molecule has 0 bridgehead atoms. The molecule has 0 amide bonds. The Morgan fingerprint density at radius 2 is 1.80 bits per heavy atom. The molecule has 2 nitrogen and oxygen atoms in total. The summed E-state index contributed by atoms with van der Waals surface area (Å²) in [7, 11) is 0. The molecule has 1 aromatic rings. The molecule has 0 heterocycles. The third-order valence-electron chi connectivity index (χ3n) is 2.00. The van der Waals surface area contributed by atoms with Crippen LogP contribution in [0.4, 0.5) is 8.78 Å². The number of halogens is 2. The van der Waals surface area contributed by atoms with E-state index in [1.165, 1.54) is 0 Å². The Morgan fingerprint density at radius 3 is 2.27 bits per heavy atom. The summed E-state index contributed by atoms with van der Waals surface area (Å²) in [4.78, 5) is 3.82. The zero-order valence-corrected chi connectivity index (χ0v) is 8.24. The smallest absolute Gasteiger partial charge is 0.130 e. The Hall–Kier alpha value is -1.29. The van der Waals surface area contributed by atoms with Crippen LogP contribution in [0.2, 0.25) is 0 Å². The van der Waals surface area contributed by atoms with Gasteiger partial charge in [0.25, 0.3) is 0 Å². The van der Waals surface area contributed by atoms with Gasteiger partial charge in [0, 0.05) is 0 Å². The minimum absolute atomic E-state index is 0.169. The van der Waals surface area contributed by atoms with Crippen molar-refractivity contribution in [3.8, 4) is 0 Å². The van der Waals surface area contributed by atoms with Crippen LogP contribution in [-0.4, -0.2) is 30.8 Å². The number of hydrogen-bond donors (Lipinski definition) is 1. The summed E-state index contributed by atoms with van der Waals surface area (Å²) in [5, 5.41) is 9.07. The van der Waals surface area contributed by atoms with Gasteiger partial charge in [-0.2, -0.15) is 0 Å². The number of alkyl halides is 2. The number of nitrogens with zero attached hydrogens (tertiary/aromatic N) is 1. The largest absolute Gasteiger partial charge is 0.394 e. The first kappa shape index (κ1) is 11.8.